The van der Waals surface area contributed by atoms with E-state index in [0.29, 0.717) is 28.8 Å². The average Bonchev–Trinajstić information content (AvgIpc) is 3.42. The van der Waals surface area contributed by atoms with E-state index >= 15 is 0 Å². The molecule has 3 heterocycles. The van der Waals surface area contributed by atoms with Crippen LogP contribution in [0.25, 0.3) is 11.1 Å². The van der Waals surface area contributed by atoms with Gasteiger partial charge in [-0.25, -0.2) is 9.78 Å². The Morgan fingerprint density at radius 1 is 1.19 bits per heavy atom. The Morgan fingerprint density at radius 3 is 2.69 bits per heavy atom. The third-order valence-electron chi connectivity index (χ3n) is 5.97. The Kier molecular flexibility index (Phi) is 8.30. The summed E-state index contributed by atoms with van der Waals surface area (Å²) in [6.45, 7) is 2.79. The molecule has 1 amide bonds. The van der Waals surface area contributed by atoms with Gasteiger partial charge in [0.25, 0.3) is 0 Å². The summed E-state index contributed by atoms with van der Waals surface area (Å²) in [5.41, 5.74) is 8.40. The van der Waals surface area contributed by atoms with Crippen LogP contribution in [0.5, 0.6) is 0 Å². The summed E-state index contributed by atoms with van der Waals surface area (Å²) >= 11 is 12.5. The third kappa shape index (κ3) is 6.07. The van der Waals surface area contributed by atoms with Gasteiger partial charge in [-0.05, 0) is 54.3 Å². The van der Waals surface area contributed by atoms with Crippen molar-refractivity contribution in [1.82, 2.24) is 4.98 Å². The van der Waals surface area contributed by atoms with Crippen LogP contribution in [-0.4, -0.2) is 47.8 Å². The van der Waals surface area contributed by atoms with Crippen LogP contribution in [0.2, 0.25) is 10.0 Å². The Bertz CT molecular complexity index is 1260. The fraction of sp³-hybridized carbons (Fsp3) is 0.269. The van der Waals surface area contributed by atoms with Crippen molar-refractivity contribution < 1.29 is 19.4 Å². The highest BCUT2D eigenvalue weighted by atomic mass is 35.5. The standard InChI is InChI=1S/C21H17Cl2N3O2.C5H9NO2/c22-15-5-6-18(23)14(9-15)12-26-8-7-24-20-19(26)10-13(11-25-20)16-3-1-2-4-17(16)21(27)28;6-5(7)4-2-1-3-8-4/h1-6,9-11H,7-8,12H2,(H,24,25)(H,27,28);4H,1-3H2,(H2,6,7). The van der Waals surface area contributed by atoms with Crippen molar-refractivity contribution in [3.63, 3.8) is 0 Å². The molecule has 1 aromatic heterocycles. The van der Waals surface area contributed by atoms with E-state index in [1.54, 1.807) is 36.5 Å². The second kappa shape index (κ2) is 11.6. The first-order valence-corrected chi connectivity index (χ1v) is 12.3. The second-order valence-electron chi connectivity index (χ2n) is 8.43. The number of carbonyl (C=O) groups excluding carboxylic acids is 1. The van der Waals surface area contributed by atoms with Gasteiger partial charge in [-0.2, -0.15) is 0 Å². The Morgan fingerprint density at radius 2 is 2.00 bits per heavy atom. The topological polar surface area (TPSA) is 118 Å². The number of nitrogens with zero attached hydrogens (tertiary/aromatic N) is 2. The number of hydrogen-bond acceptors (Lipinski definition) is 6. The van der Waals surface area contributed by atoms with Gasteiger partial charge in [-0.3, -0.25) is 4.79 Å². The molecular weight excluding hydrogens is 503 g/mol. The minimum absolute atomic E-state index is 0.248. The van der Waals surface area contributed by atoms with Crippen LogP contribution >= 0.6 is 23.2 Å². The number of nitrogens with two attached hydrogens (primary N) is 1. The molecule has 3 aromatic rings. The number of carbonyl (C=O) groups is 2. The van der Waals surface area contributed by atoms with Crippen LogP contribution in [0.4, 0.5) is 11.5 Å². The van der Waals surface area contributed by atoms with Crippen LogP contribution in [0.3, 0.4) is 0 Å². The third-order valence-corrected chi connectivity index (χ3v) is 6.57. The van der Waals surface area contributed by atoms with Gasteiger partial charge in [0.15, 0.2) is 0 Å². The maximum absolute atomic E-state index is 11.6. The zero-order valence-corrected chi connectivity index (χ0v) is 20.9. The van der Waals surface area contributed by atoms with Crippen molar-refractivity contribution in [3.05, 3.63) is 75.9 Å². The highest BCUT2D eigenvalue weighted by Gasteiger charge is 2.21. The van der Waals surface area contributed by atoms with E-state index in [2.05, 4.69) is 15.2 Å². The molecule has 2 aliphatic heterocycles. The molecule has 0 saturated carbocycles. The highest BCUT2D eigenvalue weighted by Crippen LogP contribution is 2.35. The largest absolute Gasteiger partial charge is 0.478 e. The lowest BCUT2D eigenvalue weighted by Gasteiger charge is -2.32. The van der Waals surface area contributed by atoms with Crippen LogP contribution in [0, 0.1) is 0 Å². The molecule has 8 nitrogen and oxygen atoms in total. The maximum atomic E-state index is 11.6. The molecule has 5 rings (SSSR count). The first-order valence-electron chi connectivity index (χ1n) is 11.5. The molecule has 1 saturated heterocycles. The minimum atomic E-state index is -0.964. The van der Waals surface area contributed by atoms with Crippen molar-refractivity contribution in [2.24, 2.45) is 5.73 Å². The van der Waals surface area contributed by atoms with E-state index in [1.807, 2.05) is 18.2 Å². The summed E-state index contributed by atoms with van der Waals surface area (Å²) in [4.78, 5) is 28.6. The molecule has 0 radical (unpaired) electrons. The second-order valence-corrected chi connectivity index (χ2v) is 9.27. The molecule has 2 aromatic carbocycles. The fourth-order valence-electron chi connectivity index (χ4n) is 4.17. The number of fused-ring (bicyclic) bond motifs is 1. The normalized spacial score (nSPS) is 16.4. The Balaban J connectivity index is 0.000000325. The van der Waals surface area contributed by atoms with E-state index in [1.165, 1.54) is 0 Å². The molecule has 1 unspecified atom stereocenters. The number of anilines is 2. The molecule has 0 aliphatic carbocycles. The lowest BCUT2D eigenvalue weighted by molar-refractivity contribution is -0.126. The Labute approximate surface area is 219 Å². The number of nitrogens with one attached hydrogen (secondary N) is 1. The van der Waals surface area contributed by atoms with Crippen molar-refractivity contribution in [3.8, 4) is 11.1 Å². The van der Waals surface area contributed by atoms with E-state index in [0.717, 1.165) is 48.6 Å². The predicted octanol–water partition coefficient (Wildman–Crippen LogP) is 4.84. The van der Waals surface area contributed by atoms with Crippen molar-refractivity contribution in [2.45, 2.75) is 25.5 Å². The number of aromatic carboxylic acids is 1. The van der Waals surface area contributed by atoms with Crippen LogP contribution in [0.1, 0.15) is 28.8 Å². The van der Waals surface area contributed by atoms with Crippen LogP contribution < -0.4 is 16.0 Å². The molecule has 36 heavy (non-hydrogen) atoms. The summed E-state index contributed by atoms with van der Waals surface area (Å²) in [7, 11) is 0. The van der Waals surface area contributed by atoms with Gasteiger partial charge in [0, 0.05) is 48.0 Å². The number of carboxylic acid groups (broad SMARTS) is 1. The molecule has 1 fully saturated rings. The lowest BCUT2D eigenvalue weighted by Crippen LogP contribution is -2.34. The highest BCUT2D eigenvalue weighted by molar-refractivity contribution is 6.33. The summed E-state index contributed by atoms with van der Waals surface area (Å²) in [6.07, 6.45) is 3.17. The smallest absolute Gasteiger partial charge is 0.336 e. The molecule has 10 heteroatoms. The number of carboxylic acids is 1. The van der Waals surface area contributed by atoms with Gasteiger partial charge in [0.2, 0.25) is 5.91 Å². The first-order chi connectivity index (χ1) is 17.3. The van der Waals surface area contributed by atoms with E-state index in [-0.39, 0.29) is 17.6 Å². The van der Waals surface area contributed by atoms with Crippen LogP contribution in [0.15, 0.2) is 54.7 Å². The van der Waals surface area contributed by atoms with E-state index in [9.17, 15) is 14.7 Å². The number of amides is 1. The monoisotopic (exact) mass is 528 g/mol. The predicted molar refractivity (Wildman–Crippen MR) is 141 cm³/mol. The van der Waals surface area contributed by atoms with Gasteiger partial charge < -0.3 is 25.8 Å². The van der Waals surface area contributed by atoms with Crippen molar-refractivity contribution in [2.75, 3.05) is 29.9 Å². The average molecular weight is 529 g/mol. The minimum Gasteiger partial charge on any atom is -0.478 e. The molecule has 2 aliphatic rings. The van der Waals surface area contributed by atoms with Crippen molar-refractivity contribution in [1.29, 1.82) is 0 Å². The number of hydrogen-bond donors (Lipinski definition) is 3. The number of halogens is 2. The maximum Gasteiger partial charge on any atom is 0.336 e. The molecule has 4 N–H and O–H groups in total. The van der Waals surface area contributed by atoms with Gasteiger partial charge in [0.1, 0.15) is 11.9 Å². The fourth-order valence-corrected chi connectivity index (χ4v) is 4.54. The molecule has 1 atom stereocenters. The summed E-state index contributed by atoms with van der Waals surface area (Å²) in [5, 5.41) is 14.1. The zero-order valence-electron chi connectivity index (χ0n) is 19.4. The van der Waals surface area contributed by atoms with E-state index < -0.39 is 5.97 Å². The van der Waals surface area contributed by atoms with E-state index in [4.69, 9.17) is 33.7 Å². The number of pyridine rings is 1. The summed E-state index contributed by atoms with van der Waals surface area (Å²) in [6, 6.07) is 14.3. The molecule has 0 bridgehead atoms. The summed E-state index contributed by atoms with van der Waals surface area (Å²) < 4.78 is 4.94. The zero-order chi connectivity index (χ0) is 25.7. The first kappa shape index (κ1) is 25.8. The number of ether oxygens (including phenoxy) is 1. The van der Waals surface area contributed by atoms with Gasteiger partial charge >= 0.3 is 5.97 Å². The lowest BCUT2D eigenvalue weighted by atomic mass is 10.0. The molecule has 188 valence electrons. The van der Waals surface area contributed by atoms with Crippen molar-refractivity contribution >= 4 is 46.6 Å². The van der Waals surface area contributed by atoms with Gasteiger partial charge in [0.05, 0.1) is 11.3 Å². The van der Waals surface area contributed by atoms with Gasteiger partial charge in [-0.15, -0.1) is 0 Å². The Hall–Kier alpha value is -3.33. The SMILES string of the molecule is NC(=O)C1CCCO1.O=C(O)c1ccccc1-c1cnc2c(c1)N(Cc1cc(Cl)ccc1Cl)CCN2. The van der Waals surface area contributed by atoms with Crippen LogP contribution in [-0.2, 0) is 16.1 Å². The molecule has 0 spiro atoms. The number of benzene rings is 2. The quantitative estimate of drug-likeness (QED) is 0.433. The number of aromatic nitrogens is 1. The molecular formula is C26H26Cl2N4O4. The van der Waals surface area contributed by atoms with Gasteiger partial charge in [-0.1, -0.05) is 41.4 Å². The number of rotatable bonds is 5. The number of primary amides is 1. The summed E-state index contributed by atoms with van der Waals surface area (Å²) in [5.74, 6) is -0.530.